The Bertz CT molecular complexity index is 1730. The van der Waals surface area contributed by atoms with Crippen molar-refractivity contribution in [3.63, 3.8) is 0 Å². The number of nitrogens with zero attached hydrogens (tertiary/aromatic N) is 2. The zero-order chi connectivity index (χ0) is 30.4. The minimum absolute atomic E-state index is 0.152. The number of aliphatic hydroxyl groups excluding tert-OH is 1. The summed E-state index contributed by atoms with van der Waals surface area (Å²) < 4.78 is 29.8. The maximum atomic E-state index is 13.7. The number of aliphatic hydroxyl groups is 1. The average molecular weight is 602 g/mol. The number of likely N-dealkylation sites (tertiary alicyclic amines) is 1. The summed E-state index contributed by atoms with van der Waals surface area (Å²) in [6.07, 6.45) is 1.18. The minimum Gasteiger partial charge on any atom is -0.497 e. The van der Waals surface area contributed by atoms with Gasteiger partial charge in [-0.05, 0) is 66.9 Å². The lowest BCUT2D eigenvalue weighted by Crippen LogP contribution is -2.56. The van der Waals surface area contributed by atoms with Crippen molar-refractivity contribution < 1.29 is 33.3 Å². The van der Waals surface area contributed by atoms with Crippen molar-refractivity contribution in [3.05, 3.63) is 77.7 Å². The third-order valence-corrected chi connectivity index (χ3v) is 8.91. The summed E-state index contributed by atoms with van der Waals surface area (Å²) in [6, 6.07) is 15.4. The molecule has 12 heteroatoms. The fourth-order valence-corrected chi connectivity index (χ4v) is 6.67. The van der Waals surface area contributed by atoms with E-state index in [0.717, 1.165) is 22.2 Å². The number of methoxy groups -OCH3 is 1. The van der Waals surface area contributed by atoms with Crippen LogP contribution in [0.4, 0.5) is 25.4 Å². The van der Waals surface area contributed by atoms with Gasteiger partial charge in [-0.15, -0.1) is 0 Å². The van der Waals surface area contributed by atoms with E-state index in [1.165, 1.54) is 24.3 Å². The molecule has 0 unspecified atom stereocenters. The molecule has 11 nitrogen and oxygen atoms in total. The minimum atomic E-state index is -0.637. The van der Waals surface area contributed by atoms with Gasteiger partial charge >= 0.3 is 12.1 Å². The number of amides is 4. The molecule has 1 fully saturated rings. The topological polar surface area (TPSA) is 128 Å². The highest BCUT2D eigenvalue weighted by Gasteiger charge is 2.49. The number of benzene rings is 3. The molecule has 44 heavy (non-hydrogen) atoms. The summed E-state index contributed by atoms with van der Waals surface area (Å²) in [4.78, 5) is 33.9. The maximum absolute atomic E-state index is 13.7. The number of halogens is 1. The average Bonchev–Trinajstić information content (AvgIpc) is 3.67. The van der Waals surface area contributed by atoms with Gasteiger partial charge in [-0.3, -0.25) is 0 Å². The normalized spacial score (nSPS) is 18.3. The van der Waals surface area contributed by atoms with Crippen LogP contribution in [-0.4, -0.2) is 72.1 Å². The second-order valence-corrected chi connectivity index (χ2v) is 11.4. The van der Waals surface area contributed by atoms with E-state index in [-0.39, 0.29) is 19.4 Å². The number of carbonyl (C=O) groups excluding carboxylic acids is 2. The Hall–Kier alpha value is -4.97. The number of urea groups is 2. The van der Waals surface area contributed by atoms with Crippen molar-refractivity contribution in [2.24, 2.45) is 0 Å². The molecular formula is C32H32FN5O6. The number of aromatic nitrogens is 1. The summed E-state index contributed by atoms with van der Waals surface area (Å²) >= 11 is 0. The number of anilines is 2. The number of fused-ring (bicyclic) bond motifs is 5. The number of rotatable bonds is 4. The van der Waals surface area contributed by atoms with Crippen LogP contribution in [0.1, 0.15) is 30.1 Å². The van der Waals surface area contributed by atoms with Crippen LogP contribution in [-0.2, 0) is 5.41 Å². The molecular weight excluding hydrogens is 569 g/mol. The Kier molecular flexibility index (Phi) is 6.92. The van der Waals surface area contributed by atoms with Gasteiger partial charge in [-0.2, -0.15) is 0 Å². The standard InChI is InChI=1S/C32H32FN5O6/c1-42-22-7-8-23-24(15-22)36-29-25(16-39)38(31(41)34-20-4-2-19(33)3-5-20)17-32(28(23)29)10-12-37(13-11-32)30(40)35-21-6-9-26-27(14-21)44-18-43-26/h2-9,14-15,25,36,39H,10-13,16-18H2,1H3,(H,34,41)(H,35,40)/t25-/m0/s1. The van der Waals surface area contributed by atoms with E-state index < -0.39 is 23.3 Å². The van der Waals surface area contributed by atoms with Gasteiger partial charge in [-0.25, -0.2) is 14.0 Å². The lowest BCUT2D eigenvalue weighted by molar-refractivity contribution is 0.0801. The molecule has 1 aromatic heterocycles. The van der Waals surface area contributed by atoms with E-state index in [4.69, 9.17) is 14.2 Å². The third kappa shape index (κ3) is 4.80. The fourth-order valence-electron chi connectivity index (χ4n) is 6.67. The number of hydrogen-bond donors (Lipinski definition) is 4. The molecule has 228 valence electrons. The summed E-state index contributed by atoms with van der Waals surface area (Å²) in [5, 5.41) is 17.4. The molecule has 0 radical (unpaired) electrons. The van der Waals surface area contributed by atoms with Crippen LogP contribution >= 0.6 is 0 Å². The molecule has 4 aromatic rings. The highest BCUT2D eigenvalue weighted by atomic mass is 19.1. The molecule has 1 atom stereocenters. The van der Waals surface area contributed by atoms with E-state index in [1.807, 2.05) is 18.2 Å². The third-order valence-electron chi connectivity index (χ3n) is 8.91. The first kappa shape index (κ1) is 27.8. The van der Waals surface area contributed by atoms with Crippen molar-refractivity contribution in [1.29, 1.82) is 0 Å². The first-order valence-electron chi connectivity index (χ1n) is 14.5. The molecule has 1 saturated heterocycles. The number of H-pyrrole nitrogens is 1. The van der Waals surface area contributed by atoms with Crippen LogP contribution in [0.5, 0.6) is 17.2 Å². The van der Waals surface area contributed by atoms with Crippen LogP contribution < -0.4 is 24.8 Å². The molecule has 3 aliphatic rings. The number of piperidine rings is 1. The van der Waals surface area contributed by atoms with Gasteiger partial charge in [0.05, 0.1) is 19.8 Å². The zero-order valence-electron chi connectivity index (χ0n) is 24.1. The summed E-state index contributed by atoms with van der Waals surface area (Å²) in [5.41, 5.74) is 3.22. The lowest BCUT2D eigenvalue weighted by atomic mass is 9.68. The Morgan fingerprint density at radius 2 is 1.73 bits per heavy atom. The zero-order valence-corrected chi connectivity index (χ0v) is 24.1. The highest BCUT2D eigenvalue weighted by Crippen LogP contribution is 2.49. The molecule has 4 heterocycles. The van der Waals surface area contributed by atoms with E-state index in [9.17, 15) is 19.1 Å². The molecule has 3 aromatic carbocycles. The van der Waals surface area contributed by atoms with Crippen LogP contribution in [0, 0.1) is 5.82 Å². The first-order valence-corrected chi connectivity index (χ1v) is 14.5. The van der Waals surface area contributed by atoms with E-state index in [0.29, 0.717) is 61.1 Å². The van der Waals surface area contributed by atoms with Crippen molar-refractivity contribution >= 4 is 34.3 Å². The number of nitrogens with one attached hydrogen (secondary N) is 3. The van der Waals surface area contributed by atoms with Crippen LogP contribution in [0.2, 0.25) is 0 Å². The molecule has 0 aliphatic carbocycles. The fraction of sp³-hybridized carbons (Fsp3) is 0.312. The molecule has 4 N–H and O–H groups in total. The van der Waals surface area contributed by atoms with Gasteiger partial charge in [0.1, 0.15) is 11.6 Å². The van der Waals surface area contributed by atoms with Crippen molar-refractivity contribution in [3.8, 4) is 17.2 Å². The molecule has 0 saturated carbocycles. The summed E-state index contributed by atoms with van der Waals surface area (Å²) in [6.45, 7) is 1.09. The van der Waals surface area contributed by atoms with E-state index in [1.54, 1.807) is 35.1 Å². The smallest absolute Gasteiger partial charge is 0.322 e. The summed E-state index contributed by atoms with van der Waals surface area (Å²) in [7, 11) is 1.61. The Balaban J connectivity index is 1.18. The van der Waals surface area contributed by atoms with Crippen LogP contribution in [0.25, 0.3) is 10.9 Å². The second kappa shape index (κ2) is 10.9. The largest absolute Gasteiger partial charge is 0.497 e. The van der Waals surface area contributed by atoms with Gasteiger partial charge in [0, 0.05) is 65.2 Å². The molecule has 0 bridgehead atoms. The number of carbonyl (C=O) groups is 2. The molecule has 1 spiro atoms. The Morgan fingerprint density at radius 1 is 1.00 bits per heavy atom. The quantitative estimate of drug-likeness (QED) is 0.255. The van der Waals surface area contributed by atoms with Gasteiger partial charge < -0.3 is 44.7 Å². The first-order chi connectivity index (χ1) is 21.4. The van der Waals surface area contributed by atoms with Crippen molar-refractivity contribution in [1.82, 2.24) is 14.8 Å². The van der Waals surface area contributed by atoms with Crippen LogP contribution in [0.15, 0.2) is 60.7 Å². The lowest BCUT2D eigenvalue weighted by Gasteiger charge is -2.50. The Labute approximate surface area is 252 Å². The summed E-state index contributed by atoms with van der Waals surface area (Å²) in [5.74, 6) is 1.51. The van der Waals surface area contributed by atoms with Gasteiger partial charge in [0.2, 0.25) is 6.79 Å². The van der Waals surface area contributed by atoms with Crippen molar-refractivity contribution in [2.75, 3.05) is 50.8 Å². The Morgan fingerprint density at radius 3 is 2.48 bits per heavy atom. The van der Waals surface area contributed by atoms with Gasteiger partial charge in [-0.1, -0.05) is 0 Å². The monoisotopic (exact) mass is 601 g/mol. The second-order valence-electron chi connectivity index (χ2n) is 11.4. The number of ether oxygens (including phenoxy) is 3. The van der Waals surface area contributed by atoms with Gasteiger partial charge in [0.25, 0.3) is 0 Å². The maximum Gasteiger partial charge on any atom is 0.322 e. The van der Waals surface area contributed by atoms with Crippen molar-refractivity contribution in [2.45, 2.75) is 24.3 Å². The molecule has 4 amide bonds. The molecule has 7 rings (SSSR count). The van der Waals surface area contributed by atoms with E-state index in [2.05, 4.69) is 15.6 Å². The number of hydrogen-bond acceptors (Lipinski definition) is 6. The van der Waals surface area contributed by atoms with E-state index >= 15 is 0 Å². The predicted molar refractivity (Wildman–Crippen MR) is 161 cm³/mol. The predicted octanol–water partition coefficient (Wildman–Crippen LogP) is 5.19. The SMILES string of the molecule is COc1ccc2c3c([nH]c2c1)[C@H](CO)N(C(=O)Nc1ccc(F)cc1)CC31CCN(C(=O)Nc2ccc3c(c2)OCO3)CC1. The number of aromatic amines is 1. The van der Waals surface area contributed by atoms with Crippen LogP contribution in [0.3, 0.4) is 0 Å². The van der Waals surface area contributed by atoms with Gasteiger partial charge in [0.15, 0.2) is 11.5 Å². The highest BCUT2D eigenvalue weighted by molar-refractivity contribution is 5.93. The molecule has 3 aliphatic heterocycles.